The summed E-state index contributed by atoms with van der Waals surface area (Å²) in [5, 5.41) is 10.5. The third-order valence-corrected chi connectivity index (χ3v) is 4.94. The predicted molar refractivity (Wildman–Crippen MR) is 103 cm³/mol. The van der Waals surface area contributed by atoms with Crippen molar-refractivity contribution in [3.63, 3.8) is 0 Å². The van der Waals surface area contributed by atoms with Crippen molar-refractivity contribution < 1.29 is 28.9 Å². The van der Waals surface area contributed by atoms with Crippen molar-refractivity contribution in [2.24, 2.45) is 0 Å². The number of ether oxygens (including phenoxy) is 3. The van der Waals surface area contributed by atoms with E-state index >= 15 is 0 Å². The summed E-state index contributed by atoms with van der Waals surface area (Å²) >= 11 is 0. The standard InChI is InChI=1S/C21H25NO6/c1-4-27-17-9-5-7-14(19(17)23)11-16-18(21(25)26-3)13(2)22(20(16)24)12-15-8-6-10-28-15/h5,7,9,11,15,23H,4,6,8,10,12H2,1-3H3/b16-11-/t15-/m0/s1. The van der Waals surface area contributed by atoms with Crippen LogP contribution in [0.4, 0.5) is 0 Å². The molecule has 0 spiro atoms. The molecule has 0 aromatic heterocycles. The van der Waals surface area contributed by atoms with Gasteiger partial charge in [0.1, 0.15) is 0 Å². The average Bonchev–Trinajstić information content (AvgIpc) is 3.27. The predicted octanol–water partition coefficient (Wildman–Crippen LogP) is 2.64. The number of esters is 1. The van der Waals surface area contributed by atoms with E-state index < -0.39 is 5.97 Å². The minimum absolute atomic E-state index is 0.0492. The number of rotatable bonds is 6. The Labute approximate surface area is 164 Å². The molecule has 0 unspecified atom stereocenters. The molecule has 1 fully saturated rings. The van der Waals surface area contributed by atoms with Gasteiger partial charge in [-0.3, -0.25) is 4.79 Å². The number of carbonyl (C=O) groups excluding carboxylic acids is 2. The number of allylic oxidation sites excluding steroid dienone is 1. The van der Waals surface area contributed by atoms with Crippen LogP contribution in [0.3, 0.4) is 0 Å². The van der Waals surface area contributed by atoms with Gasteiger partial charge in [0.2, 0.25) is 0 Å². The number of hydrogen-bond acceptors (Lipinski definition) is 6. The second-order valence-corrected chi connectivity index (χ2v) is 6.69. The number of nitrogens with zero attached hydrogens (tertiary/aromatic N) is 1. The molecule has 3 rings (SSSR count). The summed E-state index contributed by atoms with van der Waals surface area (Å²) < 4.78 is 15.9. The SMILES string of the molecule is CCOc1cccc(/C=C2\C(=O)N(C[C@@H]3CCCO3)C(C)=C2C(=O)OC)c1O. The summed E-state index contributed by atoms with van der Waals surface area (Å²) in [6.45, 7) is 4.99. The summed E-state index contributed by atoms with van der Waals surface area (Å²) in [7, 11) is 1.28. The number of carbonyl (C=O) groups is 2. The van der Waals surface area contributed by atoms with Crippen LogP contribution in [0.25, 0.3) is 6.08 Å². The van der Waals surface area contributed by atoms with E-state index in [1.54, 1.807) is 30.0 Å². The van der Waals surface area contributed by atoms with Crippen molar-refractivity contribution >= 4 is 18.0 Å². The molecule has 7 heteroatoms. The first-order valence-electron chi connectivity index (χ1n) is 9.37. The maximum atomic E-state index is 13.1. The molecule has 2 heterocycles. The molecule has 1 N–H and O–H groups in total. The Morgan fingerprint density at radius 3 is 2.86 bits per heavy atom. The number of phenols is 1. The van der Waals surface area contributed by atoms with Crippen molar-refractivity contribution in [1.82, 2.24) is 4.90 Å². The Balaban J connectivity index is 2.01. The zero-order valence-corrected chi connectivity index (χ0v) is 16.4. The fourth-order valence-electron chi connectivity index (χ4n) is 3.52. The lowest BCUT2D eigenvalue weighted by atomic mass is 10.0. The van der Waals surface area contributed by atoms with Gasteiger partial charge in [-0.05, 0) is 38.8 Å². The van der Waals surface area contributed by atoms with Crippen molar-refractivity contribution in [1.29, 1.82) is 0 Å². The molecular formula is C21H25NO6. The van der Waals surface area contributed by atoms with Gasteiger partial charge in [0.05, 0.1) is 37.5 Å². The number of aromatic hydroxyl groups is 1. The van der Waals surface area contributed by atoms with Gasteiger partial charge < -0.3 is 24.2 Å². The van der Waals surface area contributed by atoms with E-state index in [2.05, 4.69) is 0 Å². The second-order valence-electron chi connectivity index (χ2n) is 6.69. The van der Waals surface area contributed by atoms with Crippen molar-refractivity contribution in [2.75, 3.05) is 26.9 Å². The first kappa shape index (κ1) is 19.9. The Hall–Kier alpha value is -2.80. The number of amides is 1. The normalized spacial score (nSPS) is 21.0. The maximum absolute atomic E-state index is 13.1. The molecule has 0 saturated carbocycles. The van der Waals surface area contributed by atoms with Crippen LogP contribution in [0.1, 0.15) is 32.3 Å². The van der Waals surface area contributed by atoms with Crippen LogP contribution in [-0.2, 0) is 19.1 Å². The number of para-hydroxylation sites is 1. The molecule has 150 valence electrons. The van der Waals surface area contributed by atoms with Gasteiger partial charge in [0.25, 0.3) is 5.91 Å². The van der Waals surface area contributed by atoms with Gasteiger partial charge in [-0.1, -0.05) is 12.1 Å². The molecule has 1 amide bonds. The molecule has 2 aliphatic heterocycles. The number of benzene rings is 1. The topological polar surface area (TPSA) is 85.3 Å². The van der Waals surface area contributed by atoms with E-state index in [4.69, 9.17) is 14.2 Å². The molecule has 1 aromatic rings. The minimum Gasteiger partial charge on any atom is -0.504 e. The van der Waals surface area contributed by atoms with Crippen LogP contribution in [0, 0.1) is 0 Å². The summed E-state index contributed by atoms with van der Waals surface area (Å²) in [5.41, 5.74) is 1.31. The molecule has 2 aliphatic rings. The molecule has 7 nitrogen and oxygen atoms in total. The quantitative estimate of drug-likeness (QED) is 0.597. The highest BCUT2D eigenvalue weighted by molar-refractivity contribution is 6.16. The summed E-state index contributed by atoms with van der Waals surface area (Å²) in [5.74, 6) is -0.662. The van der Waals surface area contributed by atoms with E-state index in [0.29, 0.717) is 36.8 Å². The summed E-state index contributed by atoms with van der Waals surface area (Å²) in [6.07, 6.45) is 3.29. The van der Waals surface area contributed by atoms with E-state index in [1.807, 2.05) is 6.92 Å². The zero-order valence-electron chi connectivity index (χ0n) is 16.4. The van der Waals surface area contributed by atoms with E-state index in [-0.39, 0.29) is 28.9 Å². The minimum atomic E-state index is -0.590. The van der Waals surface area contributed by atoms with E-state index in [0.717, 1.165) is 12.8 Å². The van der Waals surface area contributed by atoms with Crippen LogP contribution >= 0.6 is 0 Å². The lowest BCUT2D eigenvalue weighted by Gasteiger charge is -2.21. The third-order valence-electron chi connectivity index (χ3n) is 4.94. The molecule has 0 aliphatic carbocycles. The molecular weight excluding hydrogens is 362 g/mol. The monoisotopic (exact) mass is 387 g/mol. The Bertz CT molecular complexity index is 835. The van der Waals surface area contributed by atoms with Gasteiger partial charge in [-0.15, -0.1) is 0 Å². The number of hydrogen-bond donors (Lipinski definition) is 1. The van der Waals surface area contributed by atoms with Crippen LogP contribution in [0.15, 0.2) is 35.0 Å². The van der Waals surface area contributed by atoms with Crippen molar-refractivity contribution in [3.05, 3.63) is 40.6 Å². The van der Waals surface area contributed by atoms with Gasteiger partial charge in [-0.2, -0.15) is 0 Å². The smallest absolute Gasteiger partial charge is 0.340 e. The number of phenolic OH excluding ortho intramolecular Hbond substituents is 1. The highest BCUT2D eigenvalue weighted by atomic mass is 16.5. The Morgan fingerprint density at radius 1 is 1.43 bits per heavy atom. The van der Waals surface area contributed by atoms with E-state index in [1.165, 1.54) is 13.2 Å². The van der Waals surface area contributed by atoms with Gasteiger partial charge in [0.15, 0.2) is 11.5 Å². The van der Waals surface area contributed by atoms with Crippen molar-refractivity contribution in [3.8, 4) is 11.5 Å². The lowest BCUT2D eigenvalue weighted by Crippen LogP contribution is -2.33. The Morgan fingerprint density at radius 2 is 2.21 bits per heavy atom. The van der Waals surface area contributed by atoms with Gasteiger partial charge in [0, 0.05) is 17.9 Å². The highest BCUT2D eigenvalue weighted by Gasteiger charge is 2.38. The molecule has 0 radical (unpaired) electrons. The third kappa shape index (κ3) is 3.75. The van der Waals surface area contributed by atoms with E-state index in [9.17, 15) is 14.7 Å². The molecule has 0 bridgehead atoms. The molecule has 1 atom stereocenters. The van der Waals surface area contributed by atoms with Gasteiger partial charge in [-0.25, -0.2) is 4.79 Å². The zero-order chi connectivity index (χ0) is 20.3. The lowest BCUT2D eigenvalue weighted by molar-refractivity contribution is -0.136. The summed E-state index contributed by atoms with van der Waals surface area (Å²) in [4.78, 5) is 27.0. The van der Waals surface area contributed by atoms with Crippen LogP contribution in [-0.4, -0.2) is 54.9 Å². The Kier molecular flexibility index (Phi) is 6.04. The molecule has 28 heavy (non-hydrogen) atoms. The van der Waals surface area contributed by atoms with Gasteiger partial charge >= 0.3 is 5.97 Å². The van der Waals surface area contributed by atoms with Crippen LogP contribution in [0.5, 0.6) is 11.5 Å². The van der Waals surface area contributed by atoms with Crippen LogP contribution in [0.2, 0.25) is 0 Å². The largest absolute Gasteiger partial charge is 0.504 e. The summed E-state index contributed by atoms with van der Waals surface area (Å²) in [6, 6.07) is 5.02. The first-order chi connectivity index (χ1) is 13.5. The fourth-order valence-corrected chi connectivity index (χ4v) is 3.52. The second kappa shape index (κ2) is 8.48. The molecule has 1 aromatic carbocycles. The first-order valence-corrected chi connectivity index (χ1v) is 9.37. The highest BCUT2D eigenvalue weighted by Crippen LogP contribution is 2.36. The van der Waals surface area contributed by atoms with Crippen molar-refractivity contribution in [2.45, 2.75) is 32.8 Å². The average molecular weight is 387 g/mol. The van der Waals surface area contributed by atoms with Crippen LogP contribution < -0.4 is 4.74 Å². The molecule has 1 saturated heterocycles. The number of methoxy groups -OCH3 is 1. The fraction of sp³-hybridized carbons (Fsp3) is 0.429. The maximum Gasteiger partial charge on any atom is 0.340 e.